The van der Waals surface area contributed by atoms with E-state index in [-0.39, 0.29) is 5.82 Å². The minimum atomic E-state index is -0.277. The number of hydrogen-bond acceptors (Lipinski definition) is 3. The summed E-state index contributed by atoms with van der Waals surface area (Å²) in [6, 6.07) is 18.3. The van der Waals surface area contributed by atoms with Crippen LogP contribution in [-0.2, 0) is 13.0 Å². The van der Waals surface area contributed by atoms with Crippen molar-refractivity contribution in [1.29, 1.82) is 0 Å². The molecule has 0 saturated heterocycles. The zero-order valence-electron chi connectivity index (χ0n) is 13.6. The van der Waals surface area contributed by atoms with Gasteiger partial charge >= 0.3 is 0 Å². The first kappa shape index (κ1) is 15.6. The Hall–Kier alpha value is -2.92. The molecule has 0 atom stereocenters. The lowest BCUT2D eigenvalue weighted by molar-refractivity contribution is 0.490. The SMILES string of the molecule is Fc1ccccc1-c1ccc(CNCCc2nc3ccccc3[nH]2)o1. The lowest BCUT2D eigenvalue weighted by Gasteiger charge is -2.02. The third-order valence-corrected chi connectivity index (χ3v) is 4.08. The van der Waals surface area contributed by atoms with Gasteiger partial charge in [0, 0.05) is 13.0 Å². The molecular weight excluding hydrogens is 317 g/mol. The maximum absolute atomic E-state index is 13.8. The molecule has 2 heterocycles. The smallest absolute Gasteiger partial charge is 0.137 e. The fourth-order valence-electron chi connectivity index (χ4n) is 2.82. The van der Waals surface area contributed by atoms with E-state index >= 15 is 0 Å². The molecule has 0 amide bonds. The molecule has 0 radical (unpaired) electrons. The molecule has 4 aromatic rings. The Kier molecular flexibility index (Phi) is 4.31. The number of nitrogens with one attached hydrogen (secondary N) is 2. The molecule has 0 aliphatic heterocycles. The van der Waals surface area contributed by atoms with Crippen LogP contribution in [-0.4, -0.2) is 16.5 Å². The third-order valence-electron chi connectivity index (χ3n) is 4.08. The van der Waals surface area contributed by atoms with Crippen molar-refractivity contribution in [2.75, 3.05) is 6.54 Å². The van der Waals surface area contributed by atoms with Gasteiger partial charge in [0.05, 0.1) is 23.1 Å². The summed E-state index contributed by atoms with van der Waals surface area (Å²) in [6.45, 7) is 1.37. The van der Waals surface area contributed by atoms with Crippen molar-refractivity contribution in [3.05, 3.63) is 78.1 Å². The highest BCUT2D eigenvalue weighted by Gasteiger charge is 2.09. The zero-order valence-corrected chi connectivity index (χ0v) is 13.6. The molecular formula is C20H18FN3O. The van der Waals surface area contributed by atoms with Gasteiger partial charge in [-0.3, -0.25) is 0 Å². The molecule has 25 heavy (non-hydrogen) atoms. The molecule has 0 spiro atoms. The number of benzene rings is 2. The molecule has 2 aromatic carbocycles. The predicted molar refractivity (Wildman–Crippen MR) is 95.6 cm³/mol. The maximum Gasteiger partial charge on any atom is 0.137 e. The van der Waals surface area contributed by atoms with Crippen molar-refractivity contribution in [3.8, 4) is 11.3 Å². The summed E-state index contributed by atoms with van der Waals surface area (Å²) in [6.07, 6.45) is 0.801. The number of nitrogens with zero attached hydrogens (tertiary/aromatic N) is 1. The maximum atomic E-state index is 13.8. The van der Waals surface area contributed by atoms with Crippen molar-refractivity contribution in [1.82, 2.24) is 15.3 Å². The van der Waals surface area contributed by atoms with E-state index in [1.165, 1.54) is 6.07 Å². The van der Waals surface area contributed by atoms with Crippen LogP contribution in [0.15, 0.2) is 65.1 Å². The van der Waals surface area contributed by atoms with Gasteiger partial charge in [0.2, 0.25) is 0 Å². The van der Waals surface area contributed by atoms with Crippen molar-refractivity contribution in [2.45, 2.75) is 13.0 Å². The van der Waals surface area contributed by atoms with Gasteiger partial charge in [0.25, 0.3) is 0 Å². The van der Waals surface area contributed by atoms with Gasteiger partial charge in [-0.1, -0.05) is 24.3 Å². The van der Waals surface area contributed by atoms with E-state index in [9.17, 15) is 4.39 Å². The summed E-state index contributed by atoms with van der Waals surface area (Å²) in [4.78, 5) is 7.86. The summed E-state index contributed by atoms with van der Waals surface area (Å²) in [5.41, 5.74) is 2.52. The molecule has 0 bridgehead atoms. The lowest BCUT2D eigenvalue weighted by Crippen LogP contribution is -2.16. The van der Waals surface area contributed by atoms with E-state index < -0.39 is 0 Å². The highest BCUT2D eigenvalue weighted by atomic mass is 19.1. The number of H-pyrrole nitrogens is 1. The number of imidazole rings is 1. The van der Waals surface area contributed by atoms with Gasteiger partial charge in [-0.15, -0.1) is 0 Å². The molecule has 2 N–H and O–H groups in total. The van der Waals surface area contributed by atoms with E-state index in [1.807, 2.05) is 30.3 Å². The van der Waals surface area contributed by atoms with E-state index in [4.69, 9.17) is 4.42 Å². The second-order valence-corrected chi connectivity index (χ2v) is 5.87. The normalized spacial score (nSPS) is 11.2. The number of fused-ring (bicyclic) bond motifs is 1. The number of aromatic nitrogens is 2. The third kappa shape index (κ3) is 3.46. The number of aromatic amines is 1. The molecule has 0 unspecified atom stereocenters. The van der Waals surface area contributed by atoms with Crippen LogP contribution in [0.25, 0.3) is 22.4 Å². The summed E-state index contributed by atoms with van der Waals surface area (Å²) in [7, 11) is 0. The average molecular weight is 335 g/mol. The van der Waals surface area contributed by atoms with Gasteiger partial charge < -0.3 is 14.7 Å². The van der Waals surface area contributed by atoms with Gasteiger partial charge in [0.1, 0.15) is 23.2 Å². The van der Waals surface area contributed by atoms with Crippen LogP contribution in [0.3, 0.4) is 0 Å². The Balaban J connectivity index is 1.32. The quantitative estimate of drug-likeness (QED) is 0.517. The Labute approximate surface area is 144 Å². The fraction of sp³-hybridized carbons (Fsp3) is 0.150. The first-order valence-corrected chi connectivity index (χ1v) is 8.27. The molecule has 0 saturated carbocycles. The van der Waals surface area contributed by atoms with Gasteiger partial charge in [-0.2, -0.15) is 0 Å². The number of rotatable bonds is 6. The first-order chi connectivity index (χ1) is 12.3. The van der Waals surface area contributed by atoms with Crippen LogP contribution in [0.1, 0.15) is 11.6 Å². The van der Waals surface area contributed by atoms with Crippen LogP contribution >= 0.6 is 0 Å². The molecule has 0 fully saturated rings. The van der Waals surface area contributed by atoms with Gasteiger partial charge in [0.15, 0.2) is 0 Å². The minimum absolute atomic E-state index is 0.277. The molecule has 5 heteroatoms. The highest BCUT2D eigenvalue weighted by Crippen LogP contribution is 2.24. The van der Waals surface area contributed by atoms with Crippen molar-refractivity contribution in [3.63, 3.8) is 0 Å². The first-order valence-electron chi connectivity index (χ1n) is 8.27. The number of para-hydroxylation sites is 2. The molecule has 126 valence electrons. The summed E-state index contributed by atoms with van der Waals surface area (Å²) < 4.78 is 19.5. The number of hydrogen-bond donors (Lipinski definition) is 2. The zero-order chi connectivity index (χ0) is 17.1. The number of halogens is 1. The molecule has 0 aliphatic carbocycles. The van der Waals surface area contributed by atoms with E-state index in [1.54, 1.807) is 24.3 Å². The lowest BCUT2D eigenvalue weighted by atomic mass is 10.1. The van der Waals surface area contributed by atoms with Crippen molar-refractivity contribution in [2.24, 2.45) is 0 Å². The number of furan rings is 1. The fourth-order valence-corrected chi connectivity index (χ4v) is 2.82. The Bertz CT molecular complexity index is 956. The van der Waals surface area contributed by atoms with Crippen LogP contribution in [0.5, 0.6) is 0 Å². The highest BCUT2D eigenvalue weighted by molar-refractivity contribution is 5.74. The van der Waals surface area contributed by atoms with Crippen LogP contribution < -0.4 is 5.32 Å². The van der Waals surface area contributed by atoms with Crippen LogP contribution in [0.2, 0.25) is 0 Å². The molecule has 0 aliphatic rings. The van der Waals surface area contributed by atoms with E-state index in [2.05, 4.69) is 15.3 Å². The molecule has 4 nitrogen and oxygen atoms in total. The molecule has 2 aromatic heterocycles. The topological polar surface area (TPSA) is 53.9 Å². The minimum Gasteiger partial charge on any atom is -0.460 e. The standard InChI is InChI=1S/C20H18FN3O/c21-16-6-2-1-5-15(16)19-10-9-14(25-19)13-22-12-11-20-23-17-7-3-4-8-18(17)24-20/h1-10,22H,11-13H2,(H,23,24). The predicted octanol–water partition coefficient (Wildman–Crippen LogP) is 4.29. The second-order valence-electron chi connectivity index (χ2n) is 5.87. The molecule has 4 rings (SSSR count). The van der Waals surface area contributed by atoms with E-state index in [0.29, 0.717) is 17.9 Å². The van der Waals surface area contributed by atoms with Gasteiger partial charge in [-0.05, 0) is 36.4 Å². The largest absolute Gasteiger partial charge is 0.460 e. The summed E-state index contributed by atoms with van der Waals surface area (Å²) in [5, 5.41) is 3.33. The van der Waals surface area contributed by atoms with Crippen molar-refractivity contribution >= 4 is 11.0 Å². The average Bonchev–Trinajstić information content (AvgIpc) is 3.25. The monoisotopic (exact) mass is 335 g/mol. The second kappa shape index (κ2) is 6.91. The summed E-state index contributed by atoms with van der Waals surface area (Å²) in [5.74, 6) is 2.01. The van der Waals surface area contributed by atoms with Gasteiger partial charge in [-0.25, -0.2) is 9.37 Å². The Morgan fingerprint density at radius 2 is 1.84 bits per heavy atom. The Morgan fingerprint density at radius 1 is 1.00 bits per heavy atom. The Morgan fingerprint density at radius 3 is 2.72 bits per heavy atom. The van der Waals surface area contributed by atoms with Crippen molar-refractivity contribution < 1.29 is 8.81 Å². The summed E-state index contributed by atoms with van der Waals surface area (Å²) >= 11 is 0. The van der Waals surface area contributed by atoms with Crippen LogP contribution in [0.4, 0.5) is 4.39 Å². The van der Waals surface area contributed by atoms with E-state index in [0.717, 1.165) is 35.6 Å². The van der Waals surface area contributed by atoms with Crippen LogP contribution in [0, 0.1) is 5.82 Å².